The Hall–Kier alpha value is -2.91. The largest absolute Gasteiger partial charge is 0.397 e. The molecular formula is C15H10N4OS. The van der Waals surface area contributed by atoms with Gasteiger partial charge in [-0.1, -0.05) is 12.0 Å². The predicted molar refractivity (Wildman–Crippen MR) is 84.2 cm³/mol. The molecule has 0 bridgehead atoms. The third-order valence-electron chi connectivity index (χ3n) is 2.91. The fourth-order valence-electron chi connectivity index (χ4n) is 1.92. The normalized spacial score (nSPS) is 10.2. The van der Waals surface area contributed by atoms with Gasteiger partial charge in [-0.15, -0.1) is 22.9 Å². The Morgan fingerprint density at radius 1 is 1.38 bits per heavy atom. The van der Waals surface area contributed by atoms with Crippen LogP contribution < -0.4 is 11.1 Å². The van der Waals surface area contributed by atoms with Crippen molar-refractivity contribution in [3.8, 4) is 12.3 Å². The highest BCUT2D eigenvalue weighted by Crippen LogP contribution is 2.32. The second-order valence-corrected chi connectivity index (χ2v) is 5.27. The molecule has 0 atom stereocenters. The predicted octanol–water partition coefficient (Wildman–Crippen LogP) is 2.51. The number of carbonyl (C=O) groups excluding carboxylic acids is 1. The standard InChI is InChI=1S/C15H10N4OS/c1-2-9-4-3-5-10(8-9)18-14(20)13-12(16)11-6-7-17-19-15(11)21-13/h1,3-8H,16H2,(H,18,20). The second-order valence-electron chi connectivity index (χ2n) is 4.27. The number of thiophene rings is 1. The fourth-order valence-corrected chi connectivity index (χ4v) is 2.85. The van der Waals surface area contributed by atoms with E-state index < -0.39 is 0 Å². The van der Waals surface area contributed by atoms with Crippen molar-refractivity contribution in [1.29, 1.82) is 0 Å². The van der Waals surface area contributed by atoms with Gasteiger partial charge in [-0.2, -0.15) is 5.10 Å². The number of terminal acetylenes is 1. The van der Waals surface area contributed by atoms with E-state index in [9.17, 15) is 4.79 Å². The molecule has 2 heterocycles. The lowest BCUT2D eigenvalue weighted by Crippen LogP contribution is -2.11. The Morgan fingerprint density at radius 3 is 3.00 bits per heavy atom. The van der Waals surface area contributed by atoms with Crippen molar-refractivity contribution in [1.82, 2.24) is 10.2 Å². The molecule has 1 amide bonds. The highest BCUT2D eigenvalue weighted by atomic mass is 32.1. The number of nitrogens with zero attached hydrogens (tertiary/aromatic N) is 2. The van der Waals surface area contributed by atoms with Gasteiger partial charge in [-0.05, 0) is 24.3 Å². The Balaban J connectivity index is 1.94. The molecule has 2 aromatic heterocycles. The quantitative estimate of drug-likeness (QED) is 0.712. The minimum absolute atomic E-state index is 0.287. The van der Waals surface area contributed by atoms with E-state index in [2.05, 4.69) is 21.4 Å². The number of nitrogens with two attached hydrogens (primary N) is 1. The first-order valence-electron chi connectivity index (χ1n) is 6.06. The minimum atomic E-state index is -0.287. The Morgan fingerprint density at radius 2 is 2.24 bits per heavy atom. The highest BCUT2D eigenvalue weighted by molar-refractivity contribution is 7.21. The zero-order chi connectivity index (χ0) is 14.8. The summed E-state index contributed by atoms with van der Waals surface area (Å²) in [6.45, 7) is 0. The molecule has 0 aliphatic heterocycles. The summed E-state index contributed by atoms with van der Waals surface area (Å²) in [5.74, 6) is 2.23. The van der Waals surface area contributed by atoms with E-state index in [1.165, 1.54) is 11.3 Å². The molecule has 0 unspecified atom stereocenters. The monoisotopic (exact) mass is 294 g/mol. The van der Waals surface area contributed by atoms with Crippen molar-refractivity contribution in [3.63, 3.8) is 0 Å². The third-order valence-corrected chi connectivity index (χ3v) is 4.02. The number of rotatable bonds is 2. The smallest absolute Gasteiger partial charge is 0.267 e. The van der Waals surface area contributed by atoms with Gasteiger partial charge in [0.25, 0.3) is 5.91 Å². The van der Waals surface area contributed by atoms with E-state index >= 15 is 0 Å². The average Bonchev–Trinajstić information content (AvgIpc) is 2.85. The molecule has 0 spiro atoms. The Labute approximate surface area is 124 Å². The molecule has 3 rings (SSSR count). The molecule has 0 saturated heterocycles. The number of hydrogen-bond acceptors (Lipinski definition) is 5. The Bertz CT molecular complexity index is 879. The van der Waals surface area contributed by atoms with Crippen molar-refractivity contribution in [2.45, 2.75) is 0 Å². The summed E-state index contributed by atoms with van der Waals surface area (Å²) in [5.41, 5.74) is 7.73. The van der Waals surface area contributed by atoms with E-state index in [4.69, 9.17) is 12.2 Å². The summed E-state index contributed by atoms with van der Waals surface area (Å²) < 4.78 is 0. The molecule has 1 aromatic carbocycles. The number of aromatic nitrogens is 2. The van der Waals surface area contributed by atoms with Crippen LogP contribution in [0.25, 0.3) is 10.2 Å². The number of fused-ring (bicyclic) bond motifs is 1. The maximum absolute atomic E-state index is 12.3. The lowest BCUT2D eigenvalue weighted by Gasteiger charge is -2.04. The van der Waals surface area contributed by atoms with Crippen LogP contribution in [0.2, 0.25) is 0 Å². The van der Waals surface area contributed by atoms with Crippen LogP contribution in [0.1, 0.15) is 15.2 Å². The van der Waals surface area contributed by atoms with Gasteiger partial charge < -0.3 is 11.1 Å². The first-order valence-corrected chi connectivity index (χ1v) is 6.88. The SMILES string of the molecule is C#Cc1cccc(NC(=O)c2sc3nnccc3c2N)c1. The molecule has 0 fully saturated rings. The molecule has 0 saturated carbocycles. The van der Waals surface area contributed by atoms with Gasteiger partial charge in [0.1, 0.15) is 9.71 Å². The van der Waals surface area contributed by atoms with E-state index in [1.807, 2.05) is 0 Å². The number of nitrogen functional groups attached to an aromatic ring is 1. The van der Waals surface area contributed by atoms with Gasteiger partial charge >= 0.3 is 0 Å². The summed E-state index contributed by atoms with van der Waals surface area (Å²) >= 11 is 1.21. The summed E-state index contributed by atoms with van der Waals surface area (Å²) in [6, 6.07) is 8.80. The highest BCUT2D eigenvalue weighted by Gasteiger charge is 2.17. The number of benzene rings is 1. The van der Waals surface area contributed by atoms with Gasteiger partial charge in [-0.25, -0.2) is 0 Å². The van der Waals surface area contributed by atoms with Gasteiger partial charge in [0.15, 0.2) is 0 Å². The van der Waals surface area contributed by atoms with Crippen molar-refractivity contribution < 1.29 is 4.79 Å². The first kappa shape index (κ1) is 13.1. The number of nitrogens with one attached hydrogen (secondary N) is 1. The lowest BCUT2D eigenvalue weighted by atomic mass is 10.2. The summed E-state index contributed by atoms with van der Waals surface area (Å²) in [5, 5.41) is 11.3. The zero-order valence-electron chi connectivity index (χ0n) is 10.8. The van der Waals surface area contributed by atoms with Gasteiger partial charge in [0.2, 0.25) is 0 Å². The molecule has 3 N–H and O–H groups in total. The second kappa shape index (κ2) is 5.23. The number of carbonyl (C=O) groups is 1. The molecule has 6 heteroatoms. The van der Waals surface area contributed by atoms with Crippen LogP contribution in [0.15, 0.2) is 36.5 Å². The molecule has 0 aliphatic rings. The van der Waals surface area contributed by atoms with Gasteiger partial charge in [-0.3, -0.25) is 4.79 Å². The molecule has 5 nitrogen and oxygen atoms in total. The molecule has 0 radical (unpaired) electrons. The summed E-state index contributed by atoms with van der Waals surface area (Å²) in [7, 11) is 0. The van der Waals surface area contributed by atoms with Crippen LogP contribution in [-0.2, 0) is 0 Å². The van der Waals surface area contributed by atoms with Gasteiger partial charge in [0.05, 0.1) is 11.9 Å². The maximum atomic E-state index is 12.3. The minimum Gasteiger partial charge on any atom is -0.397 e. The number of hydrogen-bond donors (Lipinski definition) is 2. The molecular weight excluding hydrogens is 284 g/mol. The third kappa shape index (κ3) is 2.42. The number of anilines is 2. The van der Waals surface area contributed by atoms with Crippen molar-refractivity contribution >= 4 is 38.8 Å². The van der Waals surface area contributed by atoms with Crippen molar-refractivity contribution in [2.75, 3.05) is 11.1 Å². The van der Waals surface area contributed by atoms with Crippen LogP contribution >= 0.6 is 11.3 Å². The average molecular weight is 294 g/mol. The van der Waals surface area contributed by atoms with E-state index in [0.29, 0.717) is 26.6 Å². The van der Waals surface area contributed by atoms with Crippen molar-refractivity contribution in [2.24, 2.45) is 0 Å². The van der Waals surface area contributed by atoms with E-state index in [0.717, 1.165) is 5.39 Å². The summed E-state index contributed by atoms with van der Waals surface area (Å²) in [4.78, 5) is 13.4. The number of amides is 1. The van der Waals surface area contributed by atoms with Crippen LogP contribution in [-0.4, -0.2) is 16.1 Å². The van der Waals surface area contributed by atoms with E-state index in [-0.39, 0.29) is 5.91 Å². The van der Waals surface area contributed by atoms with E-state index in [1.54, 1.807) is 36.5 Å². The van der Waals surface area contributed by atoms with Crippen LogP contribution in [0.5, 0.6) is 0 Å². The van der Waals surface area contributed by atoms with Crippen LogP contribution in [0.3, 0.4) is 0 Å². The Kier molecular flexibility index (Phi) is 3.26. The van der Waals surface area contributed by atoms with Crippen molar-refractivity contribution in [3.05, 3.63) is 47.0 Å². The zero-order valence-corrected chi connectivity index (χ0v) is 11.6. The van der Waals surface area contributed by atoms with Crippen LogP contribution in [0, 0.1) is 12.3 Å². The first-order chi connectivity index (χ1) is 10.2. The lowest BCUT2D eigenvalue weighted by molar-refractivity contribution is 0.103. The molecule has 102 valence electrons. The van der Waals surface area contributed by atoms with Gasteiger partial charge in [0, 0.05) is 16.6 Å². The molecule has 0 aliphatic carbocycles. The topological polar surface area (TPSA) is 80.9 Å². The maximum Gasteiger partial charge on any atom is 0.267 e. The summed E-state index contributed by atoms with van der Waals surface area (Å²) in [6.07, 6.45) is 6.88. The fraction of sp³-hybridized carbons (Fsp3) is 0. The molecule has 21 heavy (non-hydrogen) atoms. The molecule has 3 aromatic rings. The van der Waals surface area contributed by atoms with Crippen LogP contribution in [0.4, 0.5) is 11.4 Å².